The summed E-state index contributed by atoms with van der Waals surface area (Å²) in [5.41, 5.74) is 5.75. The standard InChI is InChI=1S/5CN.Fe.2K.NO/c5*1-2;;;;1-2/q5*-1;+2;3*+1. The van der Waals surface area contributed by atoms with E-state index in [1.54, 1.807) is 0 Å². The van der Waals surface area contributed by atoms with Crippen LogP contribution in [-0.2, 0) is 21.8 Å². The molecule has 0 saturated heterocycles. The Bertz CT molecular complexity index is 105. The first-order valence-electron chi connectivity index (χ1n) is 1.30. The summed E-state index contributed by atoms with van der Waals surface area (Å²) >= 11 is 0. The molecule has 0 saturated carbocycles. The Morgan fingerprint density at radius 3 is 0.467 bits per heavy atom. The van der Waals surface area contributed by atoms with Crippen molar-refractivity contribution in [2.75, 3.05) is 0 Å². The fourth-order valence-electron chi connectivity index (χ4n) is 0. The fraction of sp³-hybridized carbons (Fsp3) is 0. The number of hydrogen-bond donors (Lipinski definition) is 0. The SMILES string of the molecule is N#[O+].[C-]#N.[C-]#N.[C-]#N.[C-]#N.[C-]#N.[Fe+2].[K+].[K+]. The number of hydrogen-bond acceptors (Lipinski definition) is 6. The van der Waals surface area contributed by atoms with Gasteiger partial charge in [0.25, 0.3) is 0 Å². The first kappa shape index (κ1) is 74.1. The molecule has 0 aromatic heterocycles. The van der Waals surface area contributed by atoms with Crippen LogP contribution < -0.4 is 103 Å². The van der Waals surface area contributed by atoms with Crippen molar-refractivity contribution in [2.24, 2.45) is 0 Å². The normalized spacial score (nSPS) is 0.800. The Morgan fingerprint density at radius 2 is 0.467 bits per heavy atom. The molecule has 0 unspecified atom stereocenters. The molecule has 0 aromatic carbocycles. The number of rotatable bonds is 0. The first-order valence-corrected chi connectivity index (χ1v) is 1.30. The van der Waals surface area contributed by atoms with Crippen LogP contribution in [0, 0.1) is 64.6 Å². The Morgan fingerprint density at radius 1 is 0.467 bits per heavy atom. The van der Waals surface area contributed by atoms with E-state index in [2.05, 4.69) is 0 Å². The number of nitrogens with zero attached hydrogens (tertiary/aromatic N) is 6. The van der Waals surface area contributed by atoms with Crippen molar-refractivity contribution in [3.8, 4) is 0 Å². The zero-order valence-corrected chi connectivity index (χ0v) is 15.3. The summed E-state index contributed by atoms with van der Waals surface area (Å²) < 4.78 is 7.25. The molecule has 0 aliphatic rings. The van der Waals surface area contributed by atoms with Crippen molar-refractivity contribution >= 4 is 0 Å². The van der Waals surface area contributed by atoms with Crippen molar-refractivity contribution in [3.05, 3.63) is 32.9 Å². The molecule has 0 N–H and O–H groups in total. The van der Waals surface area contributed by atoms with Crippen LogP contribution >= 0.6 is 0 Å². The van der Waals surface area contributed by atoms with Gasteiger partial charge in [-0.25, -0.2) is 0 Å². The zero-order valence-electron chi connectivity index (χ0n) is 7.95. The molecule has 0 bridgehead atoms. The van der Waals surface area contributed by atoms with Gasteiger partial charge < -0.3 is 59.2 Å². The van der Waals surface area contributed by atoms with E-state index in [4.69, 9.17) is 69.4 Å². The molecule has 0 aliphatic heterocycles. The van der Waals surface area contributed by atoms with Crippen LogP contribution in [0.4, 0.5) is 0 Å². The molecule has 0 amide bonds. The second kappa shape index (κ2) is 3470. The molecule has 0 radical (unpaired) electrons. The molecule has 0 heterocycles. The van der Waals surface area contributed by atoms with Crippen molar-refractivity contribution in [1.82, 2.24) is 0 Å². The van der Waals surface area contributed by atoms with E-state index in [1.165, 1.54) is 0 Å². The second-order valence-electron chi connectivity index (χ2n) is 0. The van der Waals surface area contributed by atoms with Crippen LogP contribution in [0.2, 0.25) is 0 Å². The van der Waals surface area contributed by atoms with E-state index in [9.17, 15) is 0 Å². The Kier molecular flexibility index (Phi) is 17100. The second-order valence-corrected chi connectivity index (χ2v) is 0. The third-order valence-corrected chi connectivity index (χ3v) is 0. The van der Waals surface area contributed by atoms with Gasteiger partial charge in [0.15, 0.2) is 0 Å². The summed E-state index contributed by atoms with van der Waals surface area (Å²) in [5, 5.41) is 31.2. The summed E-state index contributed by atoms with van der Waals surface area (Å²) in [6.07, 6.45) is 0. The Balaban J connectivity index is -0.00000000396. The minimum atomic E-state index is 0. The van der Waals surface area contributed by atoms with E-state index in [0.29, 0.717) is 0 Å². The maximum Gasteiger partial charge on any atom is 2.00 e. The van der Waals surface area contributed by atoms with E-state index in [1.807, 2.05) is 0 Å². The topological polar surface area (TPSA) is 163 Å². The minimum Gasteiger partial charge on any atom is -0.512 e. The van der Waals surface area contributed by atoms with Crippen molar-refractivity contribution in [3.63, 3.8) is 0 Å². The molecule has 0 aliphatic carbocycles. The van der Waals surface area contributed by atoms with Crippen molar-refractivity contribution < 1.29 is 125 Å². The molecular formula is C5FeK2N6O. The van der Waals surface area contributed by atoms with Crippen LogP contribution in [0.5, 0.6) is 0 Å². The van der Waals surface area contributed by atoms with E-state index in [0.717, 1.165) is 0 Å². The third-order valence-electron chi connectivity index (χ3n) is 0. The van der Waals surface area contributed by atoms with Crippen LogP contribution in [0.15, 0.2) is 0 Å². The molecular weight excluding hydrogens is 294 g/mol. The molecule has 0 rings (SSSR count). The van der Waals surface area contributed by atoms with Crippen molar-refractivity contribution in [1.29, 1.82) is 31.8 Å². The predicted molar refractivity (Wildman–Crippen MR) is 27.3 cm³/mol. The van der Waals surface area contributed by atoms with Crippen molar-refractivity contribution in [2.45, 2.75) is 0 Å². The monoisotopic (exact) mass is 294 g/mol. The van der Waals surface area contributed by atoms with Crippen LogP contribution in [0.25, 0.3) is 0 Å². The summed E-state index contributed by atoms with van der Waals surface area (Å²) in [4.78, 5) is 0. The van der Waals surface area contributed by atoms with Gasteiger partial charge >= 0.3 is 130 Å². The Labute approximate surface area is 185 Å². The summed E-state index contributed by atoms with van der Waals surface area (Å²) in [7, 11) is 0. The van der Waals surface area contributed by atoms with Crippen LogP contribution in [-0.4, -0.2) is 0 Å². The van der Waals surface area contributed by atoms with Gasteiger partial charge in [-0.1, -0.05) is 0 Å². The summed E-state index contributed by atoms with van der Waals surface area (Å²) in [6, 6.07) is 0. The zero-order chi connectivity index (χ0) is 12.0. The average molecular weight is 294 g/mol. The molecule has 0 atom stereocenters. The van der Waals surface area contributed by atoms with Gasteiger partial charge in [0.05, 0.1) is 0 Å². The maximum atomic E-state index is 7.25. The van der Waals surface area contributed by atoms with Crippen LogP contribution in [0.3, 0.4) is 0 Å². The van der Waals surface area contributed by atoms with E-state index < -0.39 is 0 Å². The van der Waals surface area contributed by atoms with Gasteiger partial charge in [-0.05, 0) is 0 Å². The van der Waals surface area contributed by atoms with Gasteiger partial charge in [0.2, 0.25) is 0 Å². The third kappa shape index (κ3) is 2990. The van der Waals surface area contributed by atoms with Gasteiger partial charge in [0, 0.05) is 0 Å². The van der Waals surface area contributed by atoms with Gasteiger partial charge in [-0.3, -0.25) is 0 Å². The molecule has 0 fully saturated rings. The predicted octanol–water partition coefficient (Wildman–Crippen LogP) is -5.62. The molecule has 7 nitrogen and oxygen atoms in total. The largest absolute Gasteiger partial charge is 2.00 e. The van der Waals surface area contributed by atoms with Gasteiger partial charge in [-0.15, -0.1) is 0 Å². The molecule has 66 valence electrons. The van der Waals surface area contributed by atoms with Gasteiger partial charge in [-0.2, -0.15) is 0 Å². The fourth-order valence-corrected chi connectivity index (χ4v) is 0. The molecule has 0 spiro atoms. The molecule has 10 heteroatoms. The van der Waals surface area contributed by atoms with Crippen LogP contribution in [0.1, 0.15) is 0 Å². The first-order chi connectivity index (χ1) is 6.00. The minimum absolute atomic E-state index is 0. The van der Waals surface area contributed by atoms with E-state index in [-0.39, 0.29) is 120 Å². The quantitative estimate of drug-likeness (QED) is 0.245. The smallest absolute Gasteiger partial charge is 0.512 e. The van der Waals surface area contributed by atoms with Gasteiger partial charge in [0.1, 0.15) is 0 Å². The maximum absolute atomic E-state index is 7.25. The van der Waals surface area contributed by atoms with E-state index >= 15 is 0 Å². The Hall–Kier alpha value is 0.912. The summed E-state index contributed by atoms with van der Waals surface area (Å²) in [5.74, 6) is 0. The average Bonchev–Trinajstić information content (AvgIpc) is 2.33. The summed E-state index contributed by atoms with van der Waals surface area (Å²) in [6.45, 7) is 23.8. The molecule has 15 heavy (non-hydrogen) atoms. The molecule has 0 aromatic rings.